The number of carbonyl (C=O) groups is 1. The zero-order valence-corrected chi connectivity index (χ0v) is 18.7. The van der Waals surface area contributed by atoms with Gasteiger partial charge >= 0.3 is 0 Å². The van der Waals surface area contributed by atoms with Gasteiger partial charge in [0.15, 0.2) is 0 Å². The summed E-state index contributed by atoms with van der Waals surface area (Å²) in [5.41, 5.74) is 7.31. The number of likely N-dealkylation sites (N-methyl/N-ethyl adjacent to an activating group) is 1. The van der Waals surface area contributed by atoms with E-state index in [-0.39, 0.29) is 55.1 Å². The fraction of sp³-hybridized carbons (Fsp3) is 0.684. The van der Waals surface area contributed by atoms with Gasteiger partial charge in [0.05, 0.1) is 5.92 Å². The fourth-order valence-corrected chi connectivity index (χ4v) is 4.78. The maximum atomic E-state index is 12.5. The molecule has 3 fully saturated rings. The summed E-state index contributed by atoms with van der Waals surface area (Å²) in [6, 6.07) is 4.19. The molecule has 2 saturated carbocycles. The van der Waals surface area contributed by atoms with E-state index in [1.165, 1.54) is 6.42 Å². The number of aromatic nitrogens is 1. The van der Waals surface area contributed by atoms with Crippen LogP contribution in [0.5, 0.6) is 0 Å². The number of nitrogens with zero attached hydrogens (tertiary/aromatic N) is 3. The Bertz CT molecular complexity index is 623. The van der Waals surface area contributed by atoms with Gasteiger partial charge in [-0.1, -0.05) is 6.07 Å². The van der Waals surface area contributed by atoms with E-state index in [9.17, 15) is 4.79 Å². The zero-order chi connectivity index (χ0) is 17.4. The van der Waals surface area contributed by atoms with E-state index in [1.54, 1.807) is 0 Å². The van der Waals surface area contributed by atoms with Gasteiger partial charge in [-0.3, -0.25) is 4.79 Å². The third-order valence-corrected chi connectivity index (χ3v) is 6.39. The van der Waals surface area contributed by atoms with Crippen molar-refractivity contribution < 1.29 is 4.79 Å². The van der Waals surface area contributed by atoms with E-state index < -0.39 is 0 Å². The predicted octanol–water partition coefficient (Wildman–Crippen LogP) is 2.09. The van der Waals surface area contributed by atoms with Gasteiger partial charge < -0.3 is 20.9 Å². The Morgan fingerprint density at radius 2 is 1.82 bits per heavy atom. The van der Waals surface area contributed by atoms with E-state index in [0.717, 1.165) is 50.4 Å². The highest BCUT2D eigenvalue weighted by Gasteiger charge is 2.48. The SMILES string of the molecule is CN1CCN(c2ccc(CNC(=O)C3C4CCC(C4)C3N)cn2)CC1.Cl.Cl.Cl. The molecule has 0 radical (unpaired) electrons. The van der Waals surface area contributed by atoms with Gasteiger partial charge in [0, 0.05) is 45.0 Å². The summed E-state index contributed by atoms with van der Waals surface area (Å²) >= 11 is 0. The maximum Gasteiger partial charge on any atom is 0.225 e. The van der Waals surface area contributed by atoms with Crippen LogP contribution < -0.4 is 16.0 Å². The summed E-state index contributed by atoms with van der Waals surface area (Å²) in [6.07, 6.45) is 5.39. The summed E-state index contributed by atoms with van der Waals surface area (Å²) < 4.78 is 0. The van der Waals surface area contributed by atoms with Crippen LogP contribution in [0.1, 0.15) is 24.8 Å². The maximum absolute atomic E-state index is 12.5. The number of nitrogens with one attached hydrogen (secondary N) is 1. The Morgan fingerprint density at radius 3 is 2.39 bits per heavy atom. The molecule has 9 heteroatoms. The summed E-state index contributed by atoms with van der Waals surface area (Å²) in [4.78, 5) is 21.8. The molecule has 1 aromatic rings. The summed E-state index contributed by atoms with van der Waals surface area (Å²) in [7, 11) is 2.15. The second-order valence-electron chi connectivity index (χ2n) is 7.97. The molecular weight excluding hydrogens is 421 g/mol. The molecule has 2 aliphatic carbocycles. The van der Waals surface area contributed by atoms with Gasteiger partial charge in [-0.05, 0) is 49.8 Å². The van der Waals surface area contributed by atoms with Crippen LogP contribution >= 0.6 is 37.2 Å². The van der Waals surface area contributed by atoms with Crippen molar-refractivity contribution in [3.8, 4) is 0 Å². The number of amides is 1. The van der Waals surface area contributed by atoms with Crippen molar-refractivity contribution in [1.82, 2.24) is 15.2 Å². The van der Waals surface area contributed by atoms with Gasteiger partial charge in [-0.15, -0.1) is 37.2 Å². The highest BCUT2D eigenvalue weighted by Crippen LogP contribution is 2.47. The predicted molar refractivity (Wildman–Crippen MR) is 120 cm³/mol. The first-order valence-electron chi connectivity index (χ1n) is 9.53. The smallest absolute Gasteiger partial charge is 0.225 e. The number of halogens is 3. The topological polar surface area (TPSA) is 74.5 Å². The molecule has 1 amide bonds. The molecule has 28 heavy (non-hydrogen) atoms. The first-order chi connectivity index (χ1) is 12.1. The number of piperazine rings is 1. The van der Waals surface area contributed by atoms with Gasteiger partial charge in [0.2, 0.25) is 5.91 Å². The minimum atomic E-state index is 0. The molecule has 2 bridgehead atoms. The second-order valence-corrected chi connectivity index (χ2v) is 7.97. The average molecular weight is 453 g/mol. The van der Waals surface area contributed by atoms with Crippen LogP contribution in [0.25, 0.3) is 0 Å². The molecule has 1 saturated heterocycles. The normalized spacial score (nSPS) is 28.7. The lowest BCUT2D eigenvalue weighted by Crippen LogP contribution is -2.45. The highest BCUT2D eigenvalue weighted by atomic mass is 35.5. The second kappa shape index (κ2) is 10.8. The van der Waals surface area contributed by atoms with Crippen LogP contribution in [-0.4, -0.2) is 55.1 Å². The molecule has 0 aromatic carbocycles. The quantitative estimate of drug-likeness (QED) is 0.732. The number of pyridine rings is 1. The highest BCUT2D eigenvalue weighted by molar-refractivity contribution is 5.86. The zero-order valence-electron chi connectivity index (χ0n) is 16.3. The van der Waals surface area contributed by atoms with Crippen LogP contribution in [0, 0.1) is 17.8 Å². The van der Waals surface area contributed by atoms with Gasteiger partial charge in [-0.25, -0.2) is 4.98 Å². The fourth-order valence-electron chi connectivity index (χ4n) is 4.78. The molecule has 3 N–H and O–H groups in total. The van der Waals surface area contributed by atoms with Gasteiger partial charge in [0.1, 0.15) is 5.82 Å². The Hall–Kier alpha value is -0.790. The molecule has 6 nitrogen and oxygen atoms in total. The molecule has 4 unspecified atom stereocenters. The molecule has 4 atom stereocenters. The first kappa shape index (κ1) is 25.2. The molecule has 1 aliphatic heterocycles. The number of anilines is 1. The average Bonchev–Trinajstić information content (AvgIpc) is 3.22. The van der Waals surface area contributed by atoms with Crippen molar-refractivity contribution in [2.75, 3.05) is 38.1 Å². The van der Waals surface area contributed by atoms with E-state index in [0.29, 0.717) is 18.4 Å². The lowest BCUT2D eigenvalue weighted by Gasteiger charge is -2.33. The molecular formula is C19H32Cl3N5O. The lowest BCUT2D eigenvalue weighted by atomic mass is 9.84. The third kappa shape index (κ3) is 5.22. The van der Waals surface area contributed by atoms with E-state index in [4.69, 9.17) is 5.73 Å². The van der Waals surface area contributed by atoms with E-state index in [1.807, 2.05) is 6.20 Å². The first-order valence-corrected chi connectivity index (χ1v) is 9.53. The van der Waals surface area contributed by atoms with Crippen LogP contribution in [-0.2, 0) is 11.3 Å². The Labute approximate surface area is 186 Å². The number of fused-ring (bicyclic) bond motifs is 2. The molecule has 160 valence electrons. The Balaban J connectivity index is 0.00000131. The molecule has 3 aliphatic rings. The van der Waals surface area contributed by atoms with Crippen molar-refractivity contribution in [1.29, 1.82) is 0 Å². The number of carbonyl (C=O) groups excluding carboxylic acids is 1. The lowest BCUT2D eigenvalue weighted by molar-refractivity contribution is -0.127. The van der Waals surface area contributed by atoms with Crippen molar-refractivity contribution in [2.24, 2.45) is 23.5 Å². The van der Waals surface area contributed by atoms with Crippen LogP contribution in [0.3, 0.4) is 0 Å². The van der Waals surface area contributed by atoms with Gasteiger partial charge in [-0.2, -0.15) is 0 Å². The Kier molecular flexibility index (Phi) is 9.77. The number of nitrogens with two attached hydrogens (primary N) is 1. The monoisotopic (exact) mass is 451 g/mol. The Morgan fingerprint density at radius 1 is 1.14 bits per heavy atom. The van der Waals surface area contributed by atoms with Crippen LogP contribution in [0.2, 0.25) is 0 Å². The summed E-state index contributed by atoms with van der Waals surface area (Å²) in [6.45, 7) is 4.71. The van der Waals surface area contributed by atoms with Gasteiger partial charge in [0.25, 0.3) is 0 Å². The summed E-state index contributed by atoms with van der Waals surface area (Å²) in [5, 5.41) is 3.08. The van der Waals surface area contributed by atoms with Crippen LogP contribution in [0.15, 0.2) is 18.3 Å². The number of rotatable bonds is 4. The molecule has 0 spiro atoms. The molecule has 2 heterocycles. The third-order valence-electron chi connectivity index (χ3n) is 6.39. The molecule has 4 rings (SSSR count). The number of hydrogen-bond donors (Lipinski definition) is 2. The summed E-state index contributed by atoms with van der Waals surface area (Å²) in [5.74, 6) is 2.22. The van der Waals surface area contributed by atoms with Crippen molar-refractivity contribution in [2.45, 2.75) is 31.8 Å². The largest absolute Gasteiger partial charge is 0.354 e. The minimum Gasteiger partial charge on any atom is -0.354 e. The minimum absolute atomic E-state index is 0. The van der Waals surface area contributed by atoms with Crippen molar-refractivity contribution in [3.63, 3.8) is 0 Å². The van der Waals surface area contributed by atoms with Crippen LogP contribution in [0.4, 0.5) is 5.82 Å². The standard InChI is InChI=1S/C19H29N5O.3ClH/c1-23-6-8-24(9-7-23)16-5-2-13(11-21-16)12-22-19(25)17-14-3-4-15(10-14)18(17)20;;;/h2,5,11,14-15,17-18H,3-4,6-10,12,20H2,1H3,(H,22,25);3*1H. The van der Waals surface area contributed by atoms with Crippen molar-refractivity contribution in [3.05, 3.63) is 23.9 Å². The van der Waals surface area contributed by atoms with E-state index >= 15 is 0 Å². The van der Waals surface area contributed by atoms with E-state index in [2.05, 4.69) is 39.3 Å². The molecule has 1 aromatic heterocycles. The van der Waals surface area contributed by atoms with Crippen molar-refractivity contribution >= 4 is 48.9 Å². The number of hydrogen-bond acceptors (Lipinski definition) is 5.